The van der Waals surface area contributed by atoms with Gasteiger partial charge in [-0.3, -0.25) is 0 Å². The molecule has 112 valence electrons. The summed E-state index contributed by atoms with van der Waals surface area (Å²) in [7, 11) is 0. The molecule has 3 rings (SSSR count). The zero-order chi connectivity index (χ0) is 15.2. The summed E-state index contributed by atoms with van der Waals surface area (Å²) in [5.74, 6) is 1.48. The van der Waals surface area contributed by atoms with Gasteiger partial charge in [0.2, 0.25) is 5.13 Å². The van der Waals surface area contributed by atoms with Gasteiger partial charge < -0.3 is 9.84 Å². The van der Waals surface area contributed by atoms with Crippen LogP contribution >= 0.6 is 23.1 Å². The highest BCUT2D eigenvalue weighted by Gasteiger charge is 2.09. The maximum Gasteiger partial charge on any atom is 0.206 e. The van der Waals surface area contributed by atoms with E-state index in [1.807, 2.05) is 36.4 Å². The molecule has 0 aliphatic heterocycles. The van der Waals surface area contributed by atoms with E-state index in [1.54, 1.807) is 17.8 Å². The second-order valence-corrected chi connectivity index (χ2v) is 6.58. The molecule has 0 aliphatic carbocycles. The molecule has 0 saturated carbocycles. The number of anilines is 1. The Balaban J connectivity index is 1.59. The van der Waals surface area contributed by atoms with E-state index in [-0.39, 0.29) is 0 Å². The first kappa shape index (κ1) is 14.8. The van der Waals surface area contributed by atoms with Crippen LogP contribution < -0.4 is 5.32 Å². The summed E-state index contributed by atoms with van der Waals surface area (Å²) in [5.41, 5.74) is 1.91. The molecule has 1 N–H and O–H groups in total. The number of aromatic nitrogens is 3. The van der Waals surface area contributed by atoms with Crippen molar-refractivity contribution in [2.24, 2.45) is 0 Å². The fourth-order valence-corrected chi connectivity index (χ4v) is 3.39. The van der Waals surface area contributed by atoms with Crippen LogP contribution in [0.1, 0.15) is 5.69 Å². The SMILES string of the molecule is C=CCNc1nnc(SCc2cc(-c3ccccc3)on2)s1. The first-order valence-electron chi connectivity index (χ1n) is 6.67. The molecular weight excluding hydrogens is 316 g/mol. The molecule has 7 heteroatoms. The van der Waals surface area contributed by atoms with Crippen LogP contribution in [-0.2, 0) is 5.75 Å². The van der Waals surface area contributed by atoms with Crippen LogP contribution in [0.2, 0.25) is 0 Å². The molecule has 0 fully saturated rings. The fourth-order valence-electron chi connectivity index (χ4n) is 1.75. The minimum atomic E-state index is 0.684. The van der Waals surface area contributed by atoms with Crippen molar-refractivity contribution in [1.82, 2.24) is 15.4 Å². The molecular formula is C15H14N4OS2. The van der Waals surface area contributed by atoms with Crippen LogP contribution in [0.3, 0.4) is 0 Å². The summed E-state index contributed by atoms with van der Waals surface area (Å²) < 4.78 is 6.28. The quantitative estimate of drug-likeness (QED) is 0.520. The average molecular weight is 330 g/mol. The normalized spacial score (nSPS) is 10.5. The van der Waals surface area contributed by atoms with Crippen molar-refractivity contribution >= 4 is 28.2 Å². The van der Waals surface area contributed by atoms with Gasteiger partial charge >= 0.3 is 0 Å². The molecule has 0 radical (unpaired) electrons. The first-order valence-corrected chi connectivity index (χ1v) is 8.47. The van der Waals surface area contributed by atoms with E-state index in [1.165, 1.54) is 11.3 Å². The van der Waals surface area contributed by atoms with Crippen molar-refractivity contribution in [3.05, 3.63) is 54.7 Å². The van der Waals surface area contributed by atoms with Gasteiger partial charge in [-0.05, 0) is 0 Å². The molecule has 0 amide bonds. The highest BCUT2D eigenvalue weighted by molar-refractivity contribution is 8.00. The first-order chi connectivity index (χ1) is 10.8. The smallest absolute Gasteiger partial charge is 0.206 e. The Morgan fingerprint density at radius 2 is 2.14 bits per heavy atom. The van der Waals surface area contributed by atoms with Gasteiger partial charge in [0.05, 0.1) is 5.69 Å². The molecule has 0 spiro atoms. The minimum Gasteiger partial charge on any atom is -0.357 e. The van der Waals surface area contributed by atoms with Gasteiger partial charge in [-0.2, -0.15) is 0 Å². The number of hydrogen-bond donors (Lipinski definition) is 1. The van der Waals surface area contributed by atoms with Crippen molar-refractivity contribution in [1.29, 1.82) is 0 Å². The van der Waals surface area contributed by atoms with Crippen LogP contribution in [0.5, 0.6) is 0 Å². The predicted octanol–water partition coefficient (Wildman–Crippen LogP) is 4.08. The van der Waals surface area contributed by atoms with Crippen molar-refractivity contribution in [2.75, 3.05) is 11.9 Å². The van der Waals surface area contributed by atoms with Crippen LogP contribution in [-0.4, -0.2) is 21.9 Å². The lowest BCUT2D eigenvalue weighted by atomic mass is 10.2. The largest absolute Gasteiger partial charge is 0.357 e. The molecule has 2 heterocycles. The Morgan fingerprint density at radius 1 is 1.27 bits per heavy atom. The Hall–Kier alpha value is -2.12. The lowest BCUT2D eigenvalue weighted by Gasteiger charge is -1.93. The van der Waals surface area contributed by atoms with Gasteiger partial charge in [0, 0.05) is 23.9 Å². The fraction of sp³-hybridized carbons (Fsp3) is 0.133. The zero-order valence-electron chi connectivity index (χ0n) is 11.7. The Kier molecular flexibility index (Phi) is 4.87. The maximum atomic E-state index is 5.38. The summed E-state index contributed by atoms with van der Waals surface area (Å²) in [6, 6.07) is 11.9. The van der Waals surface area contributed by atoms with Gasteiger partial charge in [-0.15, -0.1) is 16.8 Å². The molecule has 0 atom stereocenters. The van der Waals surface area contributed by atoms with Gasteiger partial charge in [-0.25, -0.2) is 0 Å². The highest BCUT2D eigenvalue weighted by Crippen LogP contribution is 2.29. The lowest BCUT2D eigenvalue weighted by molar-refractivity contribution is 0.426. The summed E-state index contributed by atoms with van der Waals surface area (Å²) in [4.78, 5) is 0. The zero-order valence-corrected chi connectivity index (χ0v) is 13.4. The number of thioether (sulfide) groups is 1. The predicted molar refractivity (Wildman–Crippen MR) is 90.1 cm³/mol. The Morgan fingerprint density at radius 3 is 2.95 bits per heavy atom. The Bertz CT molecular complexity index is 739. The van der Waals surface area contributed by atoms with Crippen LogP contribution in [0, 0.1) is 0 Å². The van der Waals surface area contributed by atoms with E-state index >= 15 is 0 Å². The van der Waals surface area contributed by atoms with Crippen molar-refractivity contribution in [3.63, 3.8) is 0 Å². The number of benzene rings is 1. The monoisotopic (exact) mass is 330 g/mol. The van der Waals surface area contributed by atoms with E-state index in [0.717, 1.165) is 26.5 Å². The second kappa shape index (κ2) is 7.24. The van der Waals surface area contributed by atoms with E-state index < -0.39 is 0 Å². The van der Waals surface area contributed by atoms with Crippen LogP contribution in [0.4, 0.5) is 5.13 Å². The molecule has 2 aromatic heterocycles. The summed E-state index contributed by atoms with van der Waals surface area (Å²) in [5, 5.41) is 16.2. The third-order valence-electron chi connectivity index (χ3n) is 2.76. The van der Waals surface area contributed by atoms with Crippen molar-refractivity contribution < 1.29 is 4.52 Å². The standard InChI is InChI=1S/C15H14N4OS2/c1-2-8-16-14-17-18-15(22-14)21-10-12-9-13(20-19-12)11-6-4-3-5-7-11/h2-7,9H,1,8,10H2,(H,16,17). The summed E-state index contributed by atoms with van der Waals surface area (Å²) >= 11 is 3.11. The Labute approximate surface area is 136 Å². The molecule has 5 nitrogen and oxygen atoms in total. The minimum absolute atomic E-state index is 0.684. The van der Waals surface area contributed by atoms with Gasteiger partial charge in [0.1, 0.15) is 0 Å². The highest BCUT2D eigenvalue weighted by atomic mass is 32.2. The molecule has 0 saturated heterocycles. The van der Waals surface area contributed by atoms with E-state index in [0.29, 0.717) is 12.3 Å². The molecule has 0 unspecified atom stereocenters. The third-order valence-corrected chi connectivity index (χ3v) is 4.81. The van der Waals surface area contributed by atoms with Gasteiger partial charge in [0.15, 0.2) is 10.1 Å². The molecule has 0 aliphatic rings. The van der Waals surface area contributed by atoms with E-state index in [9.17, 15) is 0 Å². The van der Waals surface area contributed by atoms with Gasteiger partial charge in [-0.1, -0.05) is 64.7 Å². The molecule has 22 heavy (non-hydrogen) atoms. The van der Waals surface area contributed by atoms with E-state index in [2.05, 4.69) is 27.2 Å². The average Bonchev–Trinajstić information content (AvgIpc) is 3.21. The van der Waals surface area contributed by atoms with Crippen molar-refractivity contribution in [3.8, 4) is 11.3 Å². The van der Waals surface area contributed by atoms with E-state index in [4.69, 9.17) is 4.52 Å². The van der Waals surface area contributed by atoms with Crippen LogP contribution in [0.25, 0.3) is 11.3 Å². The summed E-state index contributed by atoms with van der Waals surface area (Å²) in [6.45, 7) is 4.34. The number of rotatable bonds is 7. The maximum absolute atomic E-state index is 5.38. The van der Waals surface area contributed by atoms with Crippen molar-refractivity contribution in [2.45, 2.75) is 10.1 Å². The number of nitrogens with one attached hydrogen (secondary N) is 1. The third kappa shape index (κ3) is 3.75. The lowest BCUT2D eigenvalue weighted by Crippen LogP contribution is -1.96. The number of hydrogen-bond acceptors (Lipinski definition) is 7. The molecule has 0 bridgehead atoms. The second-order valence-electron chi connectivity index (χ2n) is 4.38. The van der Waals surface area contributed by atoms with Gasteiger partial charge in [0.25, 0.3) is 0 Å². The number of nitrogens with zero attached hydrogens (tertiary/aromatic N) is 3. The topological polar surface area (TPSA) is 63.8 Å². The molecule has 1 aromatic carbocycles. The summed E-state index contributed by atoms with van der Waals surface area (Å²) in [6.07, 6.45) is 1.79. The molecule has 3 aromatic rings. The van der Waals surface area contributed by atoms with Crippen LogP contribution in [0.15, 0.2) is 57.9 Å².